The minimum atomic E-state index is 0.170. The van der Waals surface area contributed by atoms with Gasteiger partial charge in [-0.3, -0.25) is 9.69 Å². The van der Waals surface area contributed by atoms with Crippen LogP contribution in [0, 0.1) is 19.8 Å². The Balaban J connectivity index is 1.73. The number of benzene rings is 1. The molecule has 5 heteroatoms. The molecule has 3 rings (SSSR count). The summed E-state index contributed by atoms with van der Waals surface area (Å²) in [5, 5.41) is 10.0. The fourth-order valence-electron chi connectivity index (χ4n) is 2.50. The molecule has 1 saturated carbocycles. The molecule has 0 aliphatic heterocycles. The number of carbonyl (C=O) groups excluding carboxylic acids is 1. The van der Waals surface area contributed by atoms with Crippen molar-refractivity contribution in [2.24, 2.45) is 5.92 Å². The van der Waals surface area contributed by atoms with E-state index in [0.717, 1.165) is 24.3 Å². The molecular formula is C16H19N3OS. The van der Waals surface area contributed by atoms with Crippen LogP contribution in [0.5, 0.6) is 0 Å². The molecule has 0 unspecified atom stereocenters. The van der Waals surface area contributed by atoms with Crippen LogP contribution in [0.3, 0.4) is 0 Å². The molecule has 0 spiro atoms. The molecule has 0 atom stereocenters. The van der Waals surface area contributed by atoms with Gasteiger partial charge in [-0.1, -0.05) is 40.7 Å². The van der Waals surface area contributed by atoms with E-state index in [-0.39, 0.29) is 11.8 Å². The van der Waals surface area contributed by atoms with Crippen LogP contribution in [-0.2, 0) is 11.2 Å². The SMILES string of the molecule is Cc1cc(C)cc(Cc2nnc(N(C)C(=O)C3CC3)s2)c1. The van der Waals surface area contributed by atoms with Crippen molar-refractivity contribution in [3.8, 4) is 0 Å². The molecule has 1 aliphatic carbocycles. The summed E-state index contributed by atoms with van der Waals surface area (Å²) in [6, 6.07) is 6.51. The Morgan fingerprint density at radius 2 is 1.90 bits per heavy atom. The van der Waals surface area contributed by atoms with Gasteiger partial charge in [-0.2, -0.15) is 0 Å². The lowest BCUT2D eigenvalue weighted by Gasteiger charge is -2.11. The Labute approximate surface area is 128 Å². The van der Waals surface area contributed by atoms with Gasteiger partial charge in [0.2, 0.25) is 11.0 Å². The molecule has 110 valence electrons. The lowest BCUT2D eigenvalue weighted by Crippen LogP contribution is -2.27. The zero-order valence-electron chi connectivity index (χ0n) is 12.6. The smallest absolute Gasteiger partial charge is 0.231 e. The molecule has 1 amide bonds. The first-order valence-corrected chi connectivity index (χ1v) is 8.01. The highest BCUT2D eigenvalue weighted by Gasteiger charge is 2.33. The Morgan fingerprint density at radius 1 is 1.24 bits per heavy atom. The maximum atomic E-state index is 12.0. The van der Waals surface area contributed by atoms with Crippen LogP contribution >= 0.6 is 11.3 Å². The first-order chi connectivity index (χ1) is 10.0. The van der Waals surface area contributed by atoms with Gasteiger partial charge in [0.15, 0.2) is 0 Å². The summed E-state index contributed by atoms with van der Waals surface area (Å²) in [5.74, 6) is 0.380. The third kappa shape index (κ3) is 3.29. The van der Waals surface area contributed by atoms with Crippen molar-refractivity contribution in [3.05, 3.63) is 39.9 Å². The van der Waals surface area contributed by atoms with Crippen molar-refractivity contribution in [2.75, 3.05) is 11.9 Å². The Hall–Kier alpha value is -1.75. The minimum absolute atomic E-state index is 0.170. The van der Waals surface area contributed by atoms with Gasteiger partial charge < -0.3 is 0 Å². The van der Waals surface area contributed by atoms with E-state index >= 15 is 0 Å². The molecule has 0 N–H and O–H groups in total. The summed E-state index contributed by atoms with van der Waals surface area (Å²) in [7, 11) is 1.79. The lowest BCUT2D eigenvalue weighted by molar-refractivity contribution is -0.119. The average Bonchev–Trinajstić information content (AvgIpc) is 3.16. The number of hydrogen-bond donors (Lipinski definition) is 0. The van der Waals surface area contributed by atoms with E-state index < -0.39 is 0 Å². The zero-order chi connectivity index (χ0) is 15.0. The number of rotatable bonds is 4. The van der Waals surface area contributed by atoms with Gasteiger partial charge in [0, 0.05) is 19.4 Å². The van der Waals surface area contributed by atoms with Gasteiger partial charge in [-0.15, -0.1) is 10.2 Å². The molecule has 1 aromatic carbocycles. The predicted molar refractivity (Wildman–Crippen MR) is 84.8 cm³/mol. The lowest BCUT2D eigenvalue weighted by atomic mass is 10.1. The summed E-state index contributed by atoms with van der Waals surface area (Å²) in [5.41, 5.74) is 3.76. The van der Waals surface area contributed by atoms with Crippen LogP contribution in [0.4, 0.5) is 5.13 Å². The van der Waals surface area contributed by atoms with Gasteiger partial charge in [0.25, 0.3) is 0 Å². The summed E-state index contributed by atoms with van der Waals surface area (Å²) in [6.07, 6.45) is 2.79. The maximum Gasteiger partial charge on any atom is 0.231 e. The molecule has 0 saturated heterocycles. The summed E-state index contributed by atoms with van der Waals surface area (Å²) >= 11 is 1.50. The second-order valence-corrected chi connectivity index (χ2v) is 6.86. The molecule has 1 heterocycles. The van der Waals surface area contributed by atoms with E-state index in [2.05, 4.69) is 42.2 Å². The highest BCUT2D eigenvalue weighted by Crippen LogP contribution is 2.33. The Bertz CT molecular complexity index is 656. The fourth-order valence-corrected chi connectivity index (χ4v) is 3.34. The van der Waals surface area contributed by atoms with Crippen molar-refractivity contribution in [1.29, 1.82) is 0 Å². The second kappa shape index (κ2) is 5.56. The minimum Gasteiger partial charge on any atom is -0.290 e. The van der Waals surface area contributed by atoms with Gasteiger partial charge in [-0.25, -0.2) is 0 Å². The molecule has 1 aromatic heterocycles. The van der Waals surface area contributed by atoms with Gasteiger partial charge in [-0.05, 0) is 32.3 Å². The molecule has 0 radical (unpaired) electrons. The number of aryl methyl sites for hydroxylation is 2. The number of nitrogens with zero attached hydrogens (tertiary/aromatic N) is 3. The van der Waals surface area contributed by atoms with Crippen LogP contribution in [0.1, 0.15) is 34.5 Å². The highest BCUT2D eigenvalue weighted by molar-refractivity contribution is 7.15. The highest BCUT2D eigenvalue weighted by atomic mass is 32.1. The van der Waals surface area contributed by atoms with E-state index in [9.17, 15) is 4.79 Å². The standard InChI is InChI=1S/C16H19N3OS/c1-10-6-11(2)8-12(7-10)9-14-17-18-16(21-14)19(3)15(20)13-4-5-13/h6-8,13H,4-5,9H2,1-3H3. The molecule has 0 bridgehead atoms. The largest absolute Gasteiger partial charge is 0.290 e. The van der Waals surface area contributed by atoms with E-state index in [0.29, 0.717) is 5.13 Å². The van der Waals surface area contributed by atoms with Crippen molar-refractivity contribution >= 4 is 22.4 Å². The van der Waals surface area contributed by atoms with Crippen molar-refractivity contribution in [2.45, 2.75) is 33.1 Å². The van der Waals surface area contributed by atoms with Gasteiger partial charge in [0.1, 0.15) is 5.01 Å². The van der Waals surface area contributed by atoms with Gasteiger partial charge in [0.05, 0.1) is 0 Å². The Kier molecular flexibility index (Phi) is 3.76. The maximum absolute atomic E-state index is 12.0. The second-order valence-electron chi connectivity index (χ2n) is 5.82. The number of hydrogen-bond acceptors (Lipinski definition) is 4. The van der Waals surface area contributed by atoms with Crippen molar-refractivity contribution < 1.29 is 4.79 Å². The molecule has 1 aliphatic rings. The Morgan fingerprint density at radius 3 is 2.52 bits per heavy atom. The predicted octanol–water partition coefficient (Wildman–Crippen LogP) is 3.12. The number of anilines is 1. The number of amides is 1. The monoisotopic (exact) mass is 301 g/mol. The van der Waals surface area contributed by atoms with E-state index in [1.54, 1.807) is 11.9 Å². The van der Waals surface area contributed by atoms with Crippen LogP contribution in [0.15, 0.2) is 18.2 Å². The third-order valence-corrected chi connectivity index (χ3v) is 4.64. The third-order valence-electron chi connectivity index (χ3n) is 3.64. The molecule has 2 aromatic rings. The molecular weight excluding hydrogens is 282 g/mol. The quantitative estimate of drug-likeness (QED) is 0.871. The fraction of sp³-hybridized carbons (Fsp3) is 0.438. The van der Waals surface area contributed by atoms with Gasteiger partial charge >= 0.3 is 0 Å². The molecule has 21 heavy (non-hydrogen) atoms. The molecule has 4 nitrogen and oxygen atoms in total. The van der Waals surface area contributed by atoms with Crippen LogP contribution < -0.4 is 4.90 Å². The summed E-state index contributed by atoms with van der Waals surface area (Å²) in [4.78, 5) is 13.7. The summed E-state index contributed by atoms with van der Waals surface area (Å²) < 4.78 is 0. The topological polar surface area (TPSA) is 46.1 Å². The first kappa shape index (κ1) is 14.2. The van der Waals surface area contributed by atoms with E-state index in [1.165, 1.54) is 28.0 Å². The van der Waals surface area contributed by atoms with E-state index in [1.807, 2.05) is 0 Å². The summed E-state index contributed by atoms with van der Waals surface area (Å²) in [6.45, 7) is 4.20. The van der Waals surface area contributed by atoms with Crippen LogP contribution in [0.25, 0.3) is 0 Å². The average molecular weight is 301 g/mol. The molecule has 1 fully saturated rings. The van der Waals surface area contributed by atoms with Crippen molar-refractivity contribution in [3.63, 3.8) is 0 Å². The van der Waals surface area contributed by atoms with E-state index in [4.69, 9.17) is 0 Å². The van der Waals surface area contributed by atoms with Crippen LogP contribution in [-0.4, -0.2) is 23.2 Å². The number of carbonyl (C=O) groups is 1. The first-order valence-electron chi connectivity index (χ1n) is 7.20. The number of aromatic nitrogens is 2. The zero-order valence-corrected chi connectivity index (χ0v) is 13.4. The van der Waals surface area contributed by atoms with Crippen molar-refractivity contribution in [1.82, 2.24) is 10.2 Å². The normalized spacial score (nSPS) is 14.2. The van der Waals surface area contributed by atoms with Crippen LogP contribution in [0.2, 0.25) is 0 Å².